The Kier molecular flexibility index (Phi) is 0.881. The van der Waals surface area contributed by atoms with Crippen LogP contribution in [0, 0.1) is 0 Å². The zero-order chi connectivity index (χ0) is 4.41. The van der Waals surface area contributed by atoms with E-state index in [9.17, 15) is 0 Å². The molecule has 1 aliphatic heterocycles. The van der Waals surface area contributed by atoms with Gasteiger partial charge in [-0.05, 0) is 10.4 Å². The van der Waals surface area contributed by atoms with Crippen molar-refractivity contribution in [3.05, 3.63) is 0 Å². The molecule has 0 fully saturated rings. The molecule has 0 bridgehead atoms. The van der Waals surface area contributed by atoms with E-state index in [4.69, 9.17) is 0 Å². The maximum atomic E-state index is 3.49. The van der Waals surface area contributed by atoms with E-state index in [0.717, 1.165) is 0 Å². The molecule has 0 aromatic carbocycles. The smallest absolute Gasteiger partial charge is 0.134 e. The summed E-state index contributed by atoms with van der Waals surface area (Å²) in [5.41, 5.74) is 0. The topological polar surface area (TPSA) is 49.4 Å². The van der Waals surface area contributed by atoms with Gasteiger partial charge in [-0.25, -0.2) is 0 Å². The molecule has 1 rings (SSSR count). The molecule has 0 N–H and O–H groups in total. The van der Waals surface area contributed by atoms with Gasteiger partial charge in [0.25, 0.3) is 0 Å². The normalized spacial score (nSPS) is 20.2. The number of hydrogen-bond acceptors (Lipinski definition) is 4. The van der Waals surface area contributed by atoms with Crippen molar-refractivity contribution in [2.24, 2.45) is 20.7 Å². The van der Waals surface area contributed by atoms with Gasteiger partial charge in [-0.15, -0.1) is 10.2 Å². The monoisotopic (exact) mass is 102 g/mol. The van der Waals surface area contributed by atoms with E-state index >= 15 is 0 Å². The molecule has 4 nitrogen and oxygen atoms in total. The van der Waals surface area contributed by atoms with E-state index < -0.39 is 0 Å². The first-order chi connectivity index (χ1) is 2.89. The quantitative estimate of drug-likeness (QED) is 0.409. The van der Waals surface area contributed by atoms with E-state index in [2.05, 4.69) is 29.9 Å². The lowest BCUT2D eigenvalue weighted by molar-refractivity contribution is 0.970. The molecule has 0 aromatic rings. The summed E-state index contributed by atoms with van der Waals surface area (Å²) < 4.78 is 0. The summed E-state index contributed by atoms with van der Waals surface area (Å²) >= 11 is 0. The highest BCUT2D eigenvalue weighted by molar-refractivity contribution is 7.17. The Balaban J connectivity index is 2.60. The fourth-order valence-electron chi connectivity index (χ4n) is 0.175. The van der Waals surface area contributed by atoms with Crippen molar-refractivity contribution < 1.29 is 0 Å². The van der Waals surface area contributed by atoms with Gasteiger partial charge in [-0.3, -0.25) is 0 Å². The van der Waals surface area contributed by atoms with Gasteiger partial charge in [0, 0.05) is 0 Å². The average molecular weight is 102 g/mol. The second-order valence-corrected chi connectivity index (χ2v) is 1.42. The van der Waals surface area contributed by atoms with Gasteiger partial charge in [-0.1, -0.05) is 9.24 Å². The van der Waals surface area contributed by atoms with Crippen LogP contribution in [0.1, 0.15) is 0 Å². The molecule has 1 aliphatic rings. The minimum atomic E-state index is -0.120. The third-order valence-corrected chi connectivity index (χ3v) is 0.647. The Morgan fingerprint density at radius 1 is 1.17 bits per heavy atom. The Hall–Kier alpha value is -0.370. The van der Waals surface area contributed by atoms with Gasteiger partial charge in [-0.2, -0.15) is 0 Å². The third-order valence-electron chi connectivity index (χ3n) is 0.380. The maximum Gasteiger partial charge on any atom is 0.197 e. The molecule has 5 heteroatoms. The van der Waals surface area contributed by atoms with Crippen LogP contribution in [-0.4, -0.2) is 5.91 Å². The first-order valence-electron chi connectivity index (χ1n) is 1.45. The van der Waals surface area contributed by atoms with Crippen molar-refractivity contribution in [2.45, 2.75) is 5.91 Å². The molecule has 0 aliphatic carbocycles. The minimum absolute atomic E-state index is 0.120. The molecule has 6 heavy (non-hydrogen) atoms. The van der Waals surface area contributed by atoms with Crippen molar-refractivity contribution in [3.63, 3.8) is 0 Å². The predicted molar refractivity (Wildman–Crippen MR) is 23.2 cm³/mol. The molecule has 1 unspecified atom stereocenters. The molecule has 1 heterocycles. The van der Waals surface area contributed by atoms with Gasteiger partial charge in [0.15, 0.2) is 5.91 Å². The molecule has 0 radical (unpaired) electrons. The van der Waals surface area contributed by atoms with Gasteiger partial charge in [0.1, 0.15) is 0 Å². The lowest BCUT2D eigenvalue weighted by Gasteiger charge is -1.77. The highest BCUT2D eigenvalue weighted by Crippen LogP contribution is 2.09. The molecule has 0 saturated carbocycles. The highest BCUT2D eigenvalue weighted by Gasteiger charge is 1.96. The van der Waals surface area contributed by atoms with E-state index in [1.54, 1.807) is 0 Å². The summed E-state index contributed by atoms with van der Waals surface area (Å²) in [5, 5.41) is 13.4. The first kappa shape index (κ1) is 3.81. The van der Waals surface area contributed by atoms with E-state index in [1.807, 2.05) is 0 Å². The van der Waals surface area contributed by atoms with Crippen LogP contribution in [0.5, 0.6) is 0 Å². The molecular formula is CH3N4P. The summed E-state index contributed by atoms with van der Waals surface area (Å²) in [6.07, 6.45) is 0. The van der Waals surface area contributed by atoms with Crippen molar-refractivity contribution in [3.8, 4) is 0 Å². The zero-order valence-corrected chi connectivity index (χ0v) is 4.10. The minimum Gasteiger partial charge on any atom is -0.134 e. The first-order valence-corrected chi connectivity index (χ1v) is 2.12. The molecule has 0 aromatic heterocycles. The SMILES string of the molecule is PC1N=NN=N1. The maximum absolute atomic E-state index is 3.49. The van der Waals surface area contributed by atoms with Crippen LogP contribution in [0.2, 0.25) is 0 Å². The molecule has 0 spiro atoms. The van der Waals surface area contributed by atoms with E-state index in [0.29, 0.717) is 0 Å². The van der Waals surface area contributed by atoms with Gasteiger partial charge in [0.05, 0.1) is 0 Å². The number of nitrogens with zero attached hydrogens (tertiary/aromatic N) is 4. The Bertz CT molecular complexity index is 83.7. The lowest BCUT2D eigenvalue weighted by atomic mass is 11.2. The van der Waals surface area contributed by atoms with Gasteiger partial charge in [0.2, 0.25) is 0 Å². The highest BCUT2D eigenvalue weighted by atomic mass is 31.0. The predicted octanol–water partition coefficient (Wildman–Crippen LogP) is 0.978. The largest absolute Gasteiger partial charge is 0.197 e. The second-order valence-electron chi connectivity index (χ2n) is 0.823. The van der Waals surface area contributed by atoms with Crippen molar-refractivity contribution in [2.75, 3.05) is 0 Å². The van der Waals surface area contributed by atoms with Crippen LogP contribution in [-0.2, 0) is 0 Å². The van der Waals surface area contributed by atoms with Crippen LogP contribution >= 0.6 is 9.24 Å². The van der Waals surface area contributed by atoms with E-state index in [1.165, 1.54) is 0 Å². The van der Waals surface area contributed by atoms with Crippen LogP contribution < -0.4 is 0 Å². The molecular weight excluding hydrogens is 99.0 g/mol. The van der Waals surface area contributed by atoms with Crippen LogP contribution in [0.3, 0.4) is 0 Å². The average Bonchev–Trinajstić information content (AvgIpc) is 1.86. The lowest BCUT2D eigenvalue weighted by Crippen LogP contribution is -1.73. The number of rotatable bonds is 0. The van der Waals surface area contributed by atoms with Crippen molar-refractivity contribution in [1.29, 1.82) is 0 Å². The summed E-state index contributed by atoms with van der Waals surface area (Å²) in [6, 6.07) is 0. The van der Waals surface area contributed by atoms with Gasteiger partial charge >= 0.3 is 0 Å². The summed E-state index contributed by atoms with van der Waals surface area (Å²) in [6.45, 7) is 0. The summed E-state index contributed by atoms with van der Waals surface area (Å²) in [7, 11) is 2.35. The third kappa shape index (κ3) is 0.571. The second kappa shape index (κ2) is 1.39. The summed E-state index contributed by atoms with van der Waals surface area (Å²) in [4.78, 5) is 0. The van der Waals surface area contributed by atoms with Crippen LogP contribution in [0.25, 0.3) is 0 Å². The van der Waals surface area contributed by atoms with Crippen molar-refractivity contribution >= 4 is 9.24 Å². The Morgan fingerprint density at radius 3 is 1.83 bits per heavy atom. The number of hydrogen-bond donors (Lipinski definition) is 0. The van der Waals surface area contributed by atoms with Crippen molar-refractivity contribution in [1.82, 2.24) is 0 Å². The Labute approximate surface area is 36.9 Å². The van der Waals surface area contributed by atoms with Gasteiger partial charge < -0.3 is 0 Å². The molecule has 32 valence electrons. The molecule has 1 atom stereocenters. The Morgan fingerprint density at radius 2 is 1.67 bits per heavy atom. The molecule has 0 amide bonds. The van der Waals surface area contributed by atoms with Crippen LogP contribution in [0.4, 0.5) is 0 Å². The molecule has 0 saturated heterocycles. The summed E-state index contributed by atoms with van der Waals surface area (Å²) in [5.74, 6) is -0.120. The zero-order valence-electron chi connectivity index (χ0n) is 2.94. The fraction of sp³-hybridized carbons (Fsp3) is 1.00. The van der Waals surface area contributed by atoms with E-state index in [-0.39, 0.29) is 5.91 Å². The standard InChI is InChI=1S/CH3N4P/c6-1-2-4-5-3-1/h1H,6H2. The van der Waals surface area contributed by atoms with Crippen LogP contribution in [0.15, 0.2) is 20.7 Å². The fourth-order valence-corrected chi connectivity index (χ4v) is 0.294.